The van der Waals surface area contributed by atoms with E-state index in [2.05, 4.69) is 0 Å². The Hall–Kier alpha value is -3.06. The number of carbonyl (C=O) groups excluding carboxylic acids is 2. The lowest BCUT2D eigenvalue weighted by atomic mass is 9.90. The van der Waals surface area contributed by atoms with Crippen LogP contribution < -0.4 is 9.96 Å². The highest BCUT2D eigenvalue weighted by Gasteiger charge is 2.60. The molecule has 0 bridgehead atoms. The van der Waals surface area contributed by atoms with Gasteiger partial charge in [0.25, 0.3) is 5.91 Å². The number of hydrogen-bond donors (Lipinski definition) is 1. The van der Waals surface area contributed by atoms with Crippen molar-refractivity contribution in [3.8, 4) is 5.75 Å². The lowest BCUT2D eigenvalue weighted by molar-refractivity contribution is -0.126. The summed E-state index contributed by atoms with van der Waals surface area (Å²) in [6.07, 6.45) is -1.04. The van der Waals surface area contributed by atoms with Crippen LogP contribution >= 0.6 is 23.2 Å². The van der Waals surface area contributed by atoms with Crippen LogP contribution in [0.2, 0.25) is 10.0 Å². The molecule has 2 amide bonds. The smallest absolute Gasteiger partial charge is 0.266 e. The Morgan fingerprint density at radius 3 is 2.23 bits per heavy atom. The van der Waals surface area contributed by atoms with Gasteiger partial charge in [0, 0.05) is 5.56 Å². The first-order valence-corrected chi connectivity index (χ1v) is 10.3. The number of rotatable bonds is 3. The van der Waals surface area contributed by atoms with Crippen LogP contribution in [0.5, 0.6) is 5.75 Å². The van der Waals surface area contributed by atoms with Crippen molar-refractivity contribution in [3.63, 3.8) is 0 Å². The molecule has 0 radical (unpaired) electrons. The van der Waals surface area contributed by atoms with Gasteiger partial charge in [-0.25, -0.2) is 9.96 Å². The zero-order chi connectivity index (χ0) is 21.7. The first kappa shape index (κ1) is 19.9. The van der Waals surface area contributed by atoms with Crippen LogP contribution in [0, 0.1) is 5.92 Å². The third kappa shape index (κ3) is 3.15. The second-order valence-electron chi connectivity index (χ2n) is 7.33. The highest BCUT2D eigenvalue weighted by molar-refractivity contribution is 6.42. The van der Waals surface area contributed by atoms with E-state index in [-0.39, 0.29) is 10.8 Å². The molecule has 3 atom stereocenters. The SMILES string of the molecule is O=C1[C@@H]2[C@@H](c3ccccc3O)N(c3ccccc3)O[C@H]2C(=O)N1c1ccc(Cl)c(Cl)c1. The number of imide groups is 1. The van der Waals surface area contributed by atoms with Crippen molar-refractivity contribution >= 4 is 46.4 Å². The summed E-state index contributed by atoms with van der Waals surface area (Å²) in [7, 11) is 0. The molecule has 2 fully saturated rings. The average molecular weight is 455 g/mol. The zero-order valence-electron chi connectivity index (χ0n) is 16.0. The largest absolute Gasteiger partial charge is 0.508 e. The Morgan fingerprint density at radius 2 is 1.52 bits per heavy atom. The Bertz CT molecular complexity index is 1190. The van der Waals surface area contributed by atoms with Gasteiger partial charge in [-0.3, -0.25) is 14.4 Å². The number of hydrogen-bond acceptors (Lipinski definition) is 5. The van der Waals surface area contributed by atoms with Crippen LogP contribution in [0.1, 0.15) is 11.6 Å². The molecule has 156 valence electrons. The minimum atomic E-state index is -1.04. The highest BCUT2D eigenvalue weighted by Crippen LogP contribution is 2.49. The number of halogens is 2. The maximum Gasteiger partial charge on any atom is 0.266 e. The van der Waals surface area contributed by atoms with Gasteiger partial charge in [0.1, 0.15) is 11.7 Å². The van der Waals surface area contributed by atoms with E-state index >= 15 is 0 Å². The highest BCUT2D eigenvalue weighted by atomic mass is 35.5. The monoisotopic (exact) mass is 454 g/mol. The number of para-hydroxylation sites is 2. The molecule has 2 aliphatic rings. The number of phenolic OH excluding ortho intramolecular Hbond substituents is 1. The van der Waals surface area contributed by atoms with Crippen LogP contribution in [0.4, 0.5) is 11.4 Å². The van der Waals surface area contributed by atoms with E-state index in [4.69, 9.17) is 28.0 Å². The predicted octanol–water partition coefficient (Wildman–Crippen LogP) is 4.75. The van der Waals surface area contributed by atoms with Crippen molar-refractivity contribution in [2.75, 3.05) is 9.96 Å². The summed E-state index contributed by atoms with van der Waals surface area (Å²) in [4.78, 5) is 33.9. The van der Waals surface area contributed by atoms with Crippen molar-refractivity contribution in [2.24, 2.45) is 5.92 Å². The standard InChI is InChI=1S/C23H16Cl2N2O4/c24-16-11-10-14(12-17(16)25)26-22(29)19-20(15-8-4-5-9-18(15)28)27(31-21(19)23(26)30)13-6-2-1-3-7-13/h1-12,19-21,28H/t19-,20-,21-/m1/s1. The van der Waals surface area contributed by atoms with Crippen LogP contribution in [0.25, 0.3) is 0 Å². The van der Waals surface area contributed by atoms with Gasteiger partial charge in [0.2, 0.25) is 5.91 Å². The van der Waals surface area contributed by atoms with Crippen LogP contribution in [-0.4, -0.2) is 23.0 Å². The molecule has 0 unspecified atom stereocenters. The second-order valence-corrected chi connectivity index (χ2v) is 8.14. The maximum absolute atomic E-state index is 13.5. The molecule has 6 nitrogen and oxygen atoms in total. The molecule has 2 saturated heterocycles. The van der Waals surface area contributed by atoms with Gasteiger partial charge in [-0.05, 0) is 36.4 Å². The fourth-order valence-corrected chi connectivity index (χ4v) is 4.44. The summed E-state index contributed by atoms with van der Waals surface area (Å²) in [6, 6.07) is 19.8. The number of nitrogens with zero attached hydrogens (tertiary/aromatic N) is 2. The lowest BCUT2D eigenvalue weighted by Crippen LogP contribution is -2.37. The van der Waals surface area contributed by atoms with Crippen molar-refractivity contribution < 1.29 is 19.5 Å². The van der Waals surface area contributed by atoms with Crippen LogP contribution in [0.3, 0.4) is 0 Å². The fourth-order valence-electron chi connectivity index (χ4n) is 4.15. The minimum Gasteiger partial charge on any atom is -0.508 e. The van der Waals surface area contributed by atoms with Crippen LogP contribution in [0.15, 0.2) is 72.8 Å². The molecule has 31 heavy (non-hydrogen) atoms. The number of hydroxylamine groups is 1. The summed E-state index contributed by atoms with van der Waals surface area (Å²) in [5.41, 5.74) is 1.49. The summed E-state index contributed by atoms with van der Waals surface area (Å²) in [6.45, 7) is 0. The number of benzene rings is 3. The number of carbonyl (C=O) groups is 2. The molecule has 2 heterocycles. The Kier molecular flexibility index (Phi) is 4.85. The number of anilines is 2. The van der Waals surface area contributed by atoms with Crippen molar-refractivity contribution in [1.29, 1.82) is 0 Å². The molecule has 8 heteroatoms. The van der Waals surface area contributed by atoms with Gasteiger partial charge in [-0.15, -0.1) is 0 Å². The van der Waals surface area contributed by atoms with Gasteiger partial charge >= 0.3 is 0 Å². The van der Waals surface area contributed by atoms with E-state index < -0.39 is 29.9 Å². The molecule has 5 rings (SSSR count). The molecular formula is C23H16Cl2N2O4. The van der Waals surface area contributed by atoms with Crippen molar-refractivity contribution in [3.05, 3.63) is 88.4 Å². The average Bonchev–Trinajstić information content (AvgIpc) is 3.27. The van der Waals surface area contributed by atoms with Gasteiger partial charge in [0.05, 0.1) is 27.5 Å². The van der Waals surface area contributed by atoms with Gasteiger partial charge < -0.3 is 5.11 Å². The van der Waals surface area contributed by atoms with E-state index in [1.165, 1.54) is 17.2 Å². The Balaban J connectivity index is 1.60. The molecular weight excluding hydrogens is 439 g/mol. The fraction of sp³-hybridized carbons (Fsp3) is 0.130. The maximum atomic E-state index is 13.5. The zero-order valence-corrected chi connectivity index (χ0v) is 17.5. The molecule has 3 aromatic rings. The second kappa shape index (κ2) is 7.57. The Morgan fingerprint density at radius 1 is 0.806 bits per heavy atom. The first-order chi connectivity index (χ1) is 15.0. The number of fused-ring (bicyclic) bond motifs is 1. The van der Waals surface area contributed by atoms with E-state index in [1.807, 2.05) is 30.3 Å². The normalized spacial score (nSPS) is 22.8. The summed E-state index contributed by atoms with van der Waals surface area (Å²) < 4.78 is 0. The van der Waals surface area contributed by atoms with E-state index in [1.54, 1.807) is 30.3 Å². The third-order valence-electron chi connectivity index (χ3n) is 5.54. The van der Waals surface area contributed by atoms with Gasteiger partial charge in [0.15, 0.2) is 6.10 Å². The van der Waals surface area contributed by atoms with Gasteiger partial charge in [-0.1, -0.05) is 59.6 Å². The van der Waals surface area contributed by atoms with E-state index in [0.717, 1.165) is 4.90 Å². The molecule has 0 spiro atoms. The topological polar surface area (TPSA) is 70.1 Å². The molecule has 3 aromatic carbocycles. The van der Waals surface area contributed by atoms with E-state index in [9.17, 15) is 14.7 Å². The Labute approximate surface area is 188 Å². The third-order valence-corrected chi connectivity index (χ3v) is 6.28. The minimum absolute atomic E-state index is 0.0194. The van der Waals surface area contributed by atoms with Crippen LogP contribution in [-0.2, 0) is 14.4 Å². The quantitative estimate of drug-likeness (QED) is 0.578. The molecule has 0 saturated carbocycles. The predicted molar refractivity (Wildman–Crippen MR) is 117 cm³/mol. The molecule has 2 aliphatic heterocycles. The molecule has 0 aliphatic carbocycles. The summed E-state index contributed by atoms with van der Waals surface area (Å²) in [5, 5.41) is 12.6. The molecule has 1 N–H and O–H groups in total. The number of phenols is 1. The molecule has 0 aromatic heterocycles. The van der Waals surface area contributed by atoms with Gasteiger partial charge in [-0.2, -0.15) is 0 Å². The first-order valence-electron chi connectivity index (χ1n) is 9.59. The lowest BCUT2D eigenvalue weighted by Gasteiger charge is -2.29. The number of aromatic hydroxyl groups is 1. The van der Waals surface area contributed by atoms with E-state index in [0.29, 0.717) is 22.0 Å². The van der Waals surface area contributed by atoms with Crippen molar-refractivity contribution in [2.45, 2.75) is 12.1 Å². The number of amides is 2. The summed E-state index contributed by atoms with van der Waals surface area (Å²) in [5.74, 6) is -1.76. The summed E-state index contributed by atoms with van der Waals surface area (Å²) >= 11 is 12.1. The van der Waals surface area contributed by atoms with Crippen molar-refractivity contribution in [1.82, 2.24) is 0 Å².